The third-order valence-corrected chi connectivity index (χ3v) is 33.5. The van der Waals surface area contributed by atoms with Gasteiger partial charge in [-0.2, -0.15) is 0 Å². The van der Waals surface area contributed by atoms with Gasteiger partial charge in [0, 0.05) is 39.5 Å². The molecular formula is C124H216MoN4S12. The van der Waals surface area contributed by atoms with Crippen LogP contribution in [0.25, 0.3) is 0 Å². The molecule has 4 nitrogen and oxygen atoms in total. The van der Waals surface area contributed by atoms with Crippen LogP contribution in [0, 0.1) is 0 Å². The number of thiocarbonyl (C=S) groups is 4. The molecule has 4 aromatic rings. The Labute approximate surface area is 957 Å². The number of benzene rings is 4. The molecule has 0 amide bonds. The zero-order chi connectivity index (χ0) is 102. The van der Waals surface area contributed by atoms with Gasteiger partial charge in [-0.15, -0.1) is 0 Å². The van der Waals surface area contributed by atoms with Crippen molar-refractivity contribution in [1.82, 2.24) is 0 Å². The van der Waals surface area contributed by atoms with Crippen molar-refractivity contribution in [2.75, 3.05) is 0 Å². The van der Waals surface area contributed by atoms with E-state index in [1.54, 1.807) is 0 Å². The van der Waals surface area contributed by atoms with E-state index in [1.807, 2.05) is 0 Å². The van der Waals surface area contributed by atoms with Crippen molar-refractivity contribution in [1.29, 1.82) is 0 Å². The van der Waals surface area contributed by atoms with Crippen LogP contribution in [0.1, 0.15) is 614 Å². The Hall–Kier alpha value is 0.0483. The van der Waals surface area contributed by atoms with Gasteiger partial charge in [0.15, 0.2) is 0 Å². The quantitative estimate of drug-likeness (QED) is 0.0146. The molecule has 4 N–H and O–H groups in total. The third kappa shape index (κ3) is 78.8. The summed E-state index contributed by atoms with van der Waals surface area (Å²) >= 11 is 64.8. The van der Waals surface area contributed by atoms with Crippen LogP contribution in [0.3, 0.4) is 0 Å². The molecule has 0 aliphatic heterocycles. The van der Waals surface area contributed by atoms with Crippen molar-refractivity contribution in [2.24, 2.45) is 0 Å². The Kier molecular flexibility index (Phi) is 106. The minimum absolute atomic E-state index is 0. The first-order valence-corrected chi connectivity index (χ1v) is 64.8. The predicted molar refractivity (Wildman–Crippen MR) is 662 cm³/mol. The zero-order valence-corrected chi connectivity index (χ0v) is 104. The van der Waals surface area contributed by atoms with Gasteiger partial charge >= 0.3 is 21.1 Å². The van der Waals surface area contributed by atoms with Gasteiger partial charge in [-0.25, -0.2) is 0 Å². The second-order valence-electron chi connectivity index (χ2n) is 41.7. The van der Waals surface area contributed by atoms with Crippen molar-refractivity contribution in [3.63, 3.8) is 0 Å². The first-order chi connectivity index (χ1) is 68.5. The molecule has 0 fully saturated rings. The van der Waals surface area contributed by atoms with Crippen LogP contribution in [0.5, 0.6) is 0 Å². The van der Waals surface area contributed by atoms with Crippen LogP contribution in [0.15, 0.2) is 72.8 Å². The van der Waals surface area contributed by atoms with Gasteiger partial charge in [-0.1, -0.05) is 566 Å². The molecule has 810 valence electrons. The molecule has 4 atom stereocenters. The molecule has 0 saturated heterocycles. The van der Waals surface area contributed by atoms with E-state index in [0.29, 0.717) is 34.5 Å². The Morgan fingerprint density at radius 1 is 0.163 bits per heavy atom. The number of rotatable bonds is 92. The van der Waals surface area contributed by atoms with Crippen LogP contribution in [0.4, 0.5) is 22.7 Å². The van der Waals surface area contributed by atoms with E-state index in [-0.39, 0.29) is 21.1 Å². The standard InChI is InChI=1S/4C31H55NS3.Mo/c4*1-3-5-7-9-11-13-15-17-19-21-24-28-25-23-27-30(32(35)31(33)34)29(28)26-22-20-18-16-14-12-10-8-6-4-2;/h4*23,25,27,32H,3-22,24,26H2,1-2H3,(H,33,34);/q;;;;+4/p-4. The molecule has 0 heterocycles. The Balaban J connectivity index is 0.00000185. The summed E-state index contributed by atoms with van der Waals surface area (Å²) in [7, 11) is 0. The minimum Gasteiger partial charge on any atom is -0.485 e. The van der Waals surface area contributed by atoms with Crippen molar-refractivity contribution >= 4 is 191 Å². The molecule has 141 heavy (non-hydrogen) atoms. The van der Waals surface area contributed by atoms with E-state index >= 15 is 0 Å². The smallest absolute Gasteiger partial charge is 0.485 e. The normalized spacial score (nSPS) is 12.1. The second-order valence-corrected chi connectivity index (χ2v) is 47.6. The van der Waals surface area contributed by atoms with Crippen LogP contribution in [-0.4, -0.2) is 17.3 Å². The maximum Gasteiger partial charge on any atom is 4.00 e. The molecule has 0 bridgehead atoms. The summed E-state index contributed by atoms with van der Waals surface area (Å²) in [6.07, 6.45) is 119. The van der Waals surface area contributed by atoms with Crippen LogP contribution < -0.4 is 17.2 Å². The maximum atomic E-state index is 5.65. The number of unbranched alkanes of at least 4 members (excludes halogenated alkanes) is 72. The molecule has 0 aliphatic rings. The van der Waals surface area contributed by atoms with Gasteiger partial charge in [0.05, 0.1) is 0 Å². The zero-order valence-electron chi connectivity index (χ0n) is 92.5. The van der Waals surface area contributed by atoms with Crippen molar-refractivity contribution in [3.05, 3.63) is 117 Å². The Bertz CT molecular complexity index is 3040. The fourth-order valence-electron chi connectivity index (χ4n) is 20.3. The van der Waals surface area contributed by atoms with E-state index in [1.165, 1.54) is 558 Å². The first kappa shape index (κ1) is 141. The number of hydrogen-bond acceptors (Lipinski definition) is 12. The monoisotopic (exact) mass is 2240 g/mol. The SMILES string of the molecule is CCCCCCCCCCCCc1cccc([NH+]([S-])C(=S)[S-])c1CCCCCCCCCCCC.CCCCCCCCCCCCc1cccc([NH+]([S-])C(=S)[S-])c1CCCCCCCCCCCC.CCCCCCCCCCCCc1cccc([NH+]([S-])C(=S)[S-])c1CCCCCCCCCCCC.CCCCCCCCCCCCc1cccc([NH+]([S-])C(=S)[S-])c1CCCCCCCCCCCC.[Mo+4]. The predicted octanol–water partition coefficient (Wildman–Crippen LogP) is 37.7. The summed E-state index contributed by atoms with van der Waals surface area (Å²) in [6.45, 7) is 18.3. The average Bonchev–Trinajstić information content (AvgIpc) is 0.840. The second kappa shape index (κ2) is 106. The molecule has 0 saturated carbocycles. The average molecular weight is 2240 g/mol. The van der Waals surface area contributed by atoms with Crippen LogP contribution >= 0.6 is 48.9 Å². The van der Waals surface area contributed by atoms with E-state index in [0.717, 1.165) is 74.1 Å². The van der Waals surface area contributed by atoms with Gasteiger partial charge in [-0.05, 0) is 149 Å². The van der Waals surface area contributed by atoms with Gasteiger partial charge in [-0.3, -0.25) is 0 Å². The van der Waals surface area contributed by atoms with Crippen LogP contribution in [-0.2, 0) is 174 Å². The minimum atomic E-state index is 0. The first-order valence-electron chi connectivity index (χ1n) is 59.9. The molecule has 0 radical (unpaired) electrons. The summed E-state index contributed by atoms with van der Waals surface area (Å²) < 4.78 is 4.62. The van der Waals surface area contributed by atoms with E-state index < -0.39 is 0 Å². The van der Waals surface area contributed by atoms with Crippen LogP contribution in [0.2, 0.25) is 0 Å². The summed E-state index contributed by atoms with van der Waals surface area (Å²) in [5.41, 5.74) is 16.2. The fourth-order valence-corrected chi connectivity index (χ4v) is 22.0. The van der Waals surface area contributed by atoms with Crippen molar-refractivity contribution in [3.8, 4) is 0 Å². The molecule has 0 spiro atoms. The summed E-state index contributed by atoms with van der Waals surface area (Å²) in [6, 6.07) is 26.5. The van der Waals surface area contributed by atoms with Crippen molar-refractivity contribution < 1.29 is 38.3 Å². The van der Waals surface area contributed by atoms with Gasteiger partial charge in [0.2, 0.25) is 0 Å². The number of quaternary nitrogens is 4. The fraction of sp³-hybridized carbons (Fsp3) is 0.774. The molecule has 4 rings (SSSR count). The largest absolute Gasteiger partial charge is 4.00 e. The Morgan fingerprint density at radius 3 is 0.369 bits per heavy atom. The summed E-state index contributed by atoms with van der Waals surface area (Å²) in [5, 5.41) is 0. The van der Waals surface area contributed by atoms with Gasteiger partial charge in [0.25, 0.3) is 0 Å². The molecule has 4 unspecified atom stereocenters. The molecule has 0 aromatic heterocycles. The van der Waals surface area contributed by atoms with E-state index in [9.17, 15) is 0 Å². The summed E-state index contributed by atoms with van der Waals surface area (Å²) in [4.78, 5) is 0. The van der Waals surface area contributed by atoms with E-state index in [2.05, 4.69) is 128 Å². The molecule has 0 aliphatic carbocycles. The molecule has 4 aromatic carbocycles. The third-order valence-electron chi connectivity index (χ3n) is 29.1. The van der Waals surface area contributed by atoms with Gasteiger partial charge in [0.1, 0.15) is 22.7 Å². The van der Waals surface area contributed by atoms with E-state index in [4.69, 9.17) is 151 Å². The molecule has 17 heteroatoms. The maximum absolute atomic E-state index is 5.65. The Morgan fingerprint density at radius 2 is 0.262 bits per heavy atom. The summed E-state index contributed by atoms with van der Waals surface area (Å²) in [5.74, 6) is 0. The number of nitrogens with one attached hydrogen (secondary N) is 4. The topological polar surface area (TPSA) is 17.8 Å². The van der Waals surface area contributed by atoms with Gasteiger partial charge < -0.3 is 168 Å². The van der Waals surface area contributed by atoms with Crippen molar-refractivity contribution in [2.45, 2.75) is 620 Å². The number of aryl methyl sites for hydroxylation is 4. The molecular weight excluding hydrogens is 2030 g/mol. The number of hydrogen-bond donors (Lipinski definition) is 4.